The van der Waals surface area contributed by atoms with Gasteiger partial charge in [0.05, 0.1) is 25.7 Å². The molecule has 1 saturated heterocycles. The predicted octanol–water partition coefficient (Wildman–Crippen LogP) is 4.12. The van der Waals surface area contributed by atoms with Crippen molar-refractivity contribution in [2.24, 2.45) is 0 Å². The molecule has 2 heterocycles. The number of hydrogen-bond donors (Lipinski definition) is 0. The molecule has 1 fully saturated rings. The Hall–Kier alpha value is -2.53. The fraction of sp³-hybridized carbons (Fsp3) is 0.458. The van der Waals surface area contributed by atoms with Crippen LogP contribution in [-0.4, -0.2) is 55.5 Å². The number of benzene rings is 1. The Morgan fingerprint density at radius 3 is 2.79 bits per heavy atom. The number of carbonyl (C=O) groups excluding carboxylic acids is 1. The van der Waals surface area contributed by atoms with Crippen molar-refractivity contribution in [3.8, 4) is 5.75 Å². The van der Waals surface area contributed by atoms with E-state index < -0.39 is 0 Å². The Morgan fingerprint density at radius 1 is 1.38 bits per heavy atom. The third kappa shape index (κ3) is 4.10. The molecule has 5 heteroatoms. The summed E-state index contributed by atoms with van der Waals surface area (Å²) >= 11 is 0. The molecule has 1 aromatic heterocycles. The van der Waals surface area contributed by atoms with Gasteiger partial charge in [0.25, 0.3) is 0 Å². The largest absolute Gasteiger partial charge is 0.497 e. The maximum absolute atomic E-state index is 13.1. The Morgan fingerprint density at radius 2 is 2.14 bits per heavy atom. The van der Waals surface area contributed by atoms with Gasteiger partial charge in [-0.25, -0.2) is 0 Å². The zero-order valence-electron chi connectivity index (χ0n) is 18.3. The van der Waals surface area contributed by atoms with Crippen LogP contribution in [0, 0.1) is 6.92 Å². The molecule has 29 heavy (non-hydrogen) atoms. The van der Waals surface area contributed by atoms with E-state index in [0.29, 0.717) is 0 Å². The van der Waals surface area contributed by atoms with Gasteiger partial charge in [-0.3, -0.25) is 4.79 Å². The number of hydrogen-bond acceptors (Lipinski definition) is 4. The highest BCUT2D eigenvalue weighted by atomic mass is 16.5. The Balaban J connectivity index is 1.98. The molecule has 156 valence electrons. The second-order valence-electron chi connectivity index (χ2n) is 8.35. The maximum Gasteiger partial charge on any atom is 0.246 e. The van der Waals surface area contributed by atoms with Gasteiger partial charge in [-0.2, -0.15) is 0 Å². The van der Waals surface area contributed by atoms with E-state index in [9.17, 15) is 4.79 Å². The van der Waals surface area contributed by atoms with Crippen molar-refractivity contribution in [2.75, 3.05) is 27.7 Å². The number of likely N-dealkylation sites (tertiary alicyclic amines) is 1. The second kappa shape index (κ2) is 8.46. The molecule has 1 aromatic carbocycles. The molecule has 0 radical (unpaired) electrons. The van der Waals surface area contributed by atoms with Crippen molar-refractivity contribution < 1.29 is 13.9 Å². The van der Waals surface area contributed by atoms with Crippen molar-refractivity contribution in [2.45, 2.75) is 44.7 Å². The number of aryl methyl sites for hydroxylation is 1. The molecule has 5 nitrogen and oxygen atoms in total. The van der Waals surface area contributed by atoms with Gasteiger partial charge in [0.15, 0.2) is 0 Å². The van der Waals surface area contributed by atoms with Crippen LogP contribution in [0.2, 0.25) is 0 Å². The summed E-state index contributed by atoms with van der Waals surface area (Å²) in [5.41, 5.74) is 3.18. The first kappa shape index (κ1) is 21.2. The molecule has 1 aliphatic rings. The van der Waals surface area contributed by atoms with E-state index in [1.54, 1.807) is 31.8 Å². The van der Waals surface area contributed by atoms with Gasteiger partial charge >= 0.3 is 0 Å². The molecule has 3 rings (SSSR count). The monoisotopic (exact) mass is 396 g/mol. The molecule has 0 N–H and O–H groups in total. The van der Waals surface area contributed by atoms with Crippen molar-refractivity contribution in [1.82, 2.24) is 9.80 Å². The summed E-state index contributed by atoms with van der Waals surface area (Å²) in [4.78, 5) is 17.3. The molecule has 0 spiro atoms. The van der Waals surface area contributed by atoms with Crippen LogP contribution in [0.3, 0.4) is 0 Å². The van der Waals surface area contributed by atoms with Gasteiger partial charge in [0, 0.05) is 30.1 Å². The number of ether oxygens (including phenoxy) is 1. The van der Waals surface area contributed by atoms with Crippen LogP contribution < -0.4 is 4.74 Å². The van der Waals surface area contributed by atoms with Crippen molar-refractivity contribution in [3.63, 3.8) is 0 Å². The van der Waals surface area contributed by atoms with Crippen LogP contribution in [0.4, 0.5) is 0 Å². The minimum atomic E-state index is -0.182. The van der Waals surface area contributed by atoms with Crippen LogP contribution in [0.15, 0.2) is 47.3 Å². The maximum atomic E-state index is 13.1. The Kier molecular flexibility index (Phi) is 6.18. The lowest BCUT2D eigenvalue weighted by Gasteiger charge is -2.53. The van der Waals surface area contributed by atoms with Crippen LogP contribution in [0.25, 0.3) is 6.08 Å². The summed E-state index contributed by atoms with van der Waals surface area (Å²) in [7, 11) is 5.74. The topological polar surface area (TPSA) is 45.9 Å². The van der Waals surface area contributed by atoms with Crippen molar-refractivity contribution >= 4 is 12.0 Å². The first-order valence-electron chi connectivity index (χ1n) is 10.1. The van der Waals surface area contributed by atoms with E-state index in [0.717, 1.165) is 24.3 Å². The third-order valence-corrected chi connectivity index (χ3v) is 6.58. The number of rotatable bonds is 5. The fourth-order valence-corrected chi connectivity index (χ4v) is 4.71. The average molecular weight is 397 g/mol. The van der Waals surface area contributed by atoms with E-state index in [1.165, 1.54) is 11.1 Å². The molecule has 1 aliphatic heterocycles. The standard InChI is InChI=1S/C24H32N2O3/c1-17-7-9-20(28-6)15-21(17)24(3)12-13-25(4)18(2)23(24)26(5)22(27)10-8-19-11-14-29-16-19/h7-11,14-16,18,23H,12-13H2,1-6H3/b10-8+/t18?,23-,24-/m1/s1. The number of furan rings is 1. The first-order valence-corrected chi connectivity index (χ1v) is 10.1. The second-order valence-corrected chi connectivity index (χ2v) is 8.35. The van der Waals surface area contributed by atoms with Crippen molar-refractivity contribution in [3.05, 3.63) is 59.6 Å². The van der Waals surface area contributed by atoms with Crippen LogP contribution >= 0.6 is 0 Å². The van der Waals surface area contributed by atoms with E-state index >= 15 is 0 Å². The third-order valence-electron chi connectivity index (χ3n) is 6.58. The van der Waals surface area contributed by atoms with Crippen LogP contribution in [0.5, 0.6) is 5.75 Å². The average Bonchev–Trinajstić information content (AvgIpc) is 3.23. The van der Waals surface area contributed by atoms with Gasteiger partial charge in [-0.1, -0.05) is 13.0 Å². The fourth-order valence-electron chi connectivity index (χ4n) is 4.71. The quantitative estimate of drug-likeness (QED) is 0.714. The number of methoxy groups -OCH3 is 1. The summed E-state index contributed by atoms with van der Waals surface area (Å²) in [6, 6.07) is 8.33. The highest BCUT2D eigenvalue weighted by Crippen LogP contribution is 2.42. The minimum Gasteiger partial charge on any atom is -0.497 e. The molecule has 3 atom stereocenters. The van der Waals surface area contributed by atoms with Gasteiger partial charge in [0.2, 0.25) is 5.91 Å². The summed E-state index contributed by atoms with van der Waals surface area (Å²) < 4.78 is 10.6. The molecule has 1 amide bonds. The summed E-state index contributed by atoms with van der Waals surface area (Å²) in [5, 5.41) is 0. The molecule has 2 aromatic rings. The van der Waals surface area contributed by atoms with E-state index in [4.69, 9.17) is 9.15 Å². The number of nitrogens with zero attached hydrogens (tertiary/aromatic N) is 2. The van der Waals surface area contributed by atoms with Crippen molar-refractivity contribution in [1.29, 1.82) is 0 Å². The Bertz CT molecular complexity index is 874. The first-order chi connectivity index (χ1) is 13.8. The van der Waals surface area contributed by atoms with Gasteiger partial charge in [-0.15, -0.1) is 0 Å². The number of likely N-dealkylation sites (N-methyl/N-ethyl adjacent to an activating group) is 2. The number of amides is 1. The predicted molar refractivity (Wildman–Crippen MR) is 116 cm³/mol. The molecule has 0 saturated carbocycles. The minimum absolute atomic E-state index is 0.00914. The van der Waals surface area contributed by atoms with Crippen LogP contribution in [-0.2, 0) is 10.2 Å². The summed E-state index contributed by atoms with van der Waals surface area (Å²) in [5.74, 6) is 0.844. The number of carbonyl (C=O) groups is 1. The summed E-state index contributed by atoms with van der Waals surface area (Å²) in [6.45, 7) is 7.62. The smallest absolute Gasteiger partial charge is 0.246 e. The molecular formula is C24H32N2O3. The van der Waals surface area contributed by atoms with E-state index in [-0.39, 0.29) is 23.4 Å². The number of piperidine rings is 1. The zero-order chi connectivity index (χ0) is 21.2. The van der Waals surface area contributed by atoms with Gasteiger partial charge in [0.1, 0.15) is 5.75 Å². The summed E-state index contributed by atoms with van der Waals surface area (Å²) in [6.07, 6.45) is 7.63. The molecule has 0 bridgehead atoms. The zero-order valence-corrected chi connectivity index (χ0v) is 18.3. The molecular weight excluding hydrogens is 364 g/mol. The lowest BCUT2D eigenvalue weighted by molar-refractivity contribution is -0.131. The highest BCUT2D eigenvalue weighted by Gasteiger charge is 2.47. The van der Waals surface area contributed by atoms with E-state index in [2.05, 4.69) is 44.9 Å². The highest BCUT2D eigenvalue weighted by molar-refractivity contribution is 5.92. The SMILES string of the molecule is COc1ccc(C)c([C@@]2(C)CCN(C)C(C)[C@H]2N(C)C(=O)/C=C/c2ccoc2)c1. The Labute approximate surface area is 173 Å². The molecule has 0 aliphatic carbocycles. The van der Waals surface area contributed by atoms with Crippen LogP contribution in [0.1, 0.15) is 37.0 Å². The molecule has 1 unspecified atom stereocenters. The lowest BCUT2D eigenvalue weighted by atomic mass is 9.66. The van der Waals surface area contributed by atoms with Gasteiger partial charge in [-0.05, 0) is 69.3 Å². The van der Waals surface area contributed by atoms with E-state index in [1.807, 2.05) is 24.1 Å². The normalized spacial score (nSPS) is 25.3. The lowest BCUT2D eigenvalue weighted by Crippen LogP contribution is -2.63. The van der Waals surface area contributed by atoms with Gasteiger partial charge < -0.3 is 19.0 Å².